The van der Waals surface area contributed by atoms with E-state index in [1.54, 1.807) is 52.1 Å². The van der Waals surface area contributed by atoms with Gasteiger partial charge in [0.05, 0.1) is 11.4 Å². The molecule has 0 radical (unpaired) electrons. The summed E-state index contributed by atoms with van der Waals surface area (Å²) in [6.45, 7) is 11.2. The Hall–Kier alpha value is -3.98. The van der Waals surface area contributed by atoms with E-state index in [-0.39, 0.29) is 5.91 Å². The highest BCUT2D eigenvalue weighted by Gasteiger charge is 2.23. The number of urea groups is 1. The van der Waals surface area contributed by atoms with Gasteiger partial charge in [0.15, 0.2) is 0 Å². The lowest BCUT2D eigenvalue weighted by molar-refractivity contribution is -0.127. The topological polar surface area (TPSA) is 99.7 Å². The number of hydrogen-bond donors (Lipinski definition) is 2. The number of amides is 3. The third-order valence-electron chi connectivity index (χ3n) is 6.18. The van der Waals surface area contributed by atoms with E-state index < -0.39 is 11.4 Å². The van der Waals surface area contributed by atoms with Gasteiger partial charge in [-0.2, -0.15) is 0 Å². The summed E-state index contributed by atoms with van der Waals surface area (Å²) in [4.78, 5) is 37.8. The minimum atomic E-state index is -0.672. The molecule has 0 saturated carbocycles. The highest BCUT2D eigenvalue weighted by molar-refractivity contribution is 6.02. The zero-order valence-electron chi connectivity index (χ0n) is 22.0. The van der Waals surface area contributed by atoms with Gasteiger partial charge in [-0.3, -0.25) is 20.4 Å². The fourth-order valence-corrected chi connectivity index (χ4v) is 3.83. The molecule has 2 aromatic heterocycles. The first-order chi connectivity index (χ1) is 17.6. The molecule has 194 valence electrons. The molecule has 0 bridgehead atoms. The quantitative estimate of drug-likeness (QED) is 0.522. The number of nitrogens with zero attached hydrogens (tertiary/aromatic N) is 4. The third-order valence-corrected chi connectivity index (χ3v) is 6.18. The number of aromatic nitrogens is 2. The van der Waals surface area contributed by atoms with Crippen LogP contribution >= 0.6 is 0 Å². The lowest BCUT2D eigenvalue weighted by Gasteiger charge is -2.34. The lowest BCUT2D eigenvalue weighted by atomic mass is 9.96. The molecular weight excluding hydrogens is 468 g/mol. The van der Waals surface area contributed by atoms with Crippen molar-refractivity contribution in [1.82, 2.24) is 20.2 Å². The highest BCUT2D eigenvalue weighted by atomic mass is 16.5. The van der Waals surface area contributed by atoms with Crippen molar-refractivity contribution in [3.8, 4) is 22.8 Å². The largest absolute Gasteiger partial charge is 0.455 e. The first-order valence-corrected chi connectivity index (χ1v) is 12.4. The minimum Gasteiger partial charge on any atom is -0.455 e. The van der Waals surface area contributed by atoms with Crippen LogP contribution in [0.2, 0.25) is 0 Å². The molecule has 2 N–H and O–H groups in total. The van der Waals surface area contributed by atoms with Crippen LogP contribution in [0.1, 0.15) is 26.5 Å². The van der Waals surface area contributed by atoms with Gasteiger partial charge in [-0.25, -0.2) is 9.78 Å². The van der Waals surface area contributed by atoms with Crippen molar-refractivity contribution in [2.75, 3.05) is 43.4 Å². The number of carbonyl (C=O) groups is 2. The smallest absolute Gasteiger partial charge is 0.327 e. The molecule has 0 aliphatic carbocycles. The van der Waals surface area contributed by atoms with E-state index in [1.165, 1.54) is 5.69 Å². The fraction of sp³-hybridized carbons (Fsp3) is 0.357. The van der Waals surface area contributed by atoms with Crippen LogP contribution in [0.3, 0.4) is 0 Å². The lowest BCUT2D eigenvalue weighted by Crippen LogP contribution is -2.44. The van der Waals surface area contributed by atoms with Crippen molar-refractivity contribution in [2.45, 2.75) is 27.7 Å². The first kappa shape index (κ1) is 26.1. The summed E-state index contributed by atoms with van der Waals surface area (Å²) >= 11 is 0. The zero-order valence-corrected chi connectivity index (χ0v) is 22.0. The molecule has 1 aliphatic rings. The number of imide groups is 1. The van der Waals surface area contributed by atoms with Crippen LogP contribution in [0.5, 0.6) is 11.5 Å². The molecule has 0 unspecified atom stereocenters. The van der Waals surface area contributed by atoms with Crippen LogP contribution in [0.15, 0.2) is 54.7 Å². The maximum atomic E-state index is 12.1. The first-order valence-electron chi connectivity index (χ1n) is 12.4. The average molecular weight is 503 g/mol. The predicted molar refractivity (Wildman–Crippen MR) is 145 cm³/mol. The Labute approximate surface area is 217 Å². The van der Waals surface area contributed by atoms with E-state index in [4.69, 9.17) is 4.74 Å². The molecule has 1 aromatic carbocycles. The third kappa shape index (κ3) is 6.83. The van der Waals surface area contributed by atoms with Gasteiger partial charge in [0, 0.05) is 55.1 Å². The highest BCUT2D eigenvalue weighted by Crippen LogP contribution is 2.29. The SMILES string of the molecule is Cc1nc(NC(=O)NC(=O)C(C)(C)C)ccc1Oc1ccnc(-c2ccc(N3CCN(C)CC3)cc2)c1. The van der Waals surface area contributed by atoms with Crippen LogP contribution in [-0.2, 0) is 4.79 Å². The van der Waals surface area contributed by atoms with E-state index in [9.17, 15) is 9.59 Å². The number of piperazine rings is 1. The van der Waals surface area contributed by atoms with Crippen molar-refractivity contribution in [2.24, 2.45) is 5.41 Å². The second-order valence-electron chi connectivity index (χ2n) is 10.3. The van der Waals surface area contributed by atoms with E-state index in [1.807, 2.05) is 6.07 Å². The maximum absolute atomic E-state index is 12.1. The number of ether oxygens (including phenoxy) is 1. The average Bonchev–Trinajstić information content (AvgIpc) is 2.86. The van der Waals surface area contributed by atoms with Crippen molar-refractivity contribution in [3.05, 3.63) is 60.4 Å². The summed E-state index contributed by atoms with van der Waals surface area (Å²) in [5.41, 5.74) is 2.96. The van der Waals surface area contributed by atoms with Crippen molar-refractivity contribution < 1.29 is 14.3 Å². The number of carbonyl (C=O) groups excluding carboxylic acids is 2. The summed E-state index contributed by atoms with van der Waals surface area (Å²) in [5, 5.41) is 4.90. The molecule has 9 heteroatoms. The van der Waals surface area contributed by atoms with Crippen LogP contribution in [0.4, 0.5) is 16.3 Å². The van der Waals surface area contributed by atoms with Gasteiger partial charge in [-0.15, -0.1) is 0 Å². The number of nitrogens with one attached hydrogen (secondary N) is 2. The standard InChI is InChI=1S/C28H34N6O3/c1-19-24(10-11-25(30-19)31-27(36)32-26(35)28(2,3)4)37-22-12-13-29-23(18-22)20-6-8-21(9-7-20)34-16-14-33(5)15-17-34/h6-13,18H,14-17H2,1-5H3,(H2,30,31,32,35,36). The Morgan fingerprint density at radius 1 is 0.973 bits per heavy atom. The van der Waals surface area contributed by atoms with E-state index >= 15 is 0 Å². The summed E-state index contributed by atoms with van der Waals surface area (Å²) in [6, 6.07) is 14.9. The van der Waals surface area contributed by atoms with Crippen molar-refractivity contribution in [3.63, 3.8) is 0 Å². The van der Waals surface area contributed by atoms with Gasteiger partial charge >= 0.3 is 6.03 Å². The van der Waals surface area contributed by atoms with Crippen LogP contribution < -0.4 is 20.3 Å². The van der Waals surface area contributed by atoms with E-state index in [2.05, 4.69) is 61.7 Å². The molecule has 1 fully saturated rings. The monoisotopic (exact) mass is 502 g/mol. The van der Waals surface area contributed by atoms with E-state index in [0.717, 1.165) is 37.4 Å². The molecular formula is C28H34N6O3. The Kier molecular flexibility index (Phi) is 7.73. The van der Waals surface area contributed by atoms with Gasteiger partial charge in [-0.05, 0) is 44.3 Å². The number of hydrogen-bond acceptors (Lipinski definition) is 7. The molecule has 3 heterocycles. The molecule has 0 atom stereocenters. The Bertz CT molecular complexity index is 1260. The van der Waals surface area contributed by atoms with E-state index in [0.29, 0.717) is 23.0 Å². The van der Waals surface area contributed by atoms with Crippen LogP contribution in [0, 0.1) is 12.3 Å². The summed E-state index contributed by atoms with van der Waals surface area (Å²) in [6.07, 6.45) is 1.72. The molecule has 3 aromatic rings. The normalized spacial score (nSPS) is 14.2. The van der Waals surface area contributed by atoms with Gasteiger partial charge < -0.3 is 14.5 Å². The zero-order chi connectivity index (χ0) is 26.6. The Morgan fingerprint density at radius 3 is 2.32 bits per heavy atom. The molecule has 4 rings (SSSR count). The molecule has 0 spiro atoms. The molecule has 9 nitrogen and oxygen atoms in total. The fourth-order valence-electron chi connectivity index (χ4n) is 3.83. The van der Waals surface area contributed by atoms with Crippen LogP contribution in [-0.4, -0.2) is 60.0 Å². The summed E-state index contributed by atoms with van der Waals surface area (Å²) in [7, 11) is 2.15. The number of pyridine rings is 2. The molecule has 37 heavy (non-hydrogen) atoms. The summed E-state index contributed by atoms with van der Waals surface area (Å²) in [5.74, 6) is 1.13. The number of likely N-dealkylation sites (N-methyl/N-ethyl adjacent to an activating group) is 1. The maximum Gasteiger partial charge on any atom is 0.327 e. The van der Waals surface area contributed by atoms with Gasteiger partial charge in [-0.1, -0.05) is 32.9 Å². The van der Waals surface area contributed by atoms with Gasteiger partial charge in [0.2, 0.25) is 5.91 Å². The second-order valence-corrected chi connectivity index (χ2v) is 10.3. The van der Waals surface area contributed by atoms with Crippen molar-refractivity contribution in [1.29, 1.82) is 0 Å². The second kappa shape index (κ2) is 11.0. The van der Waals surface area contributed by atoms with Gasteiger partial charge in [0.1, 0.15) is 17.3 Å². The molecule has 1 aliphatic heterocycles. The Morgan fingerprint density at radius 2 is 1.68 bits per heavy atom. The van der Waals surface area contributed by atoms with Crippen LogP contribution in [0.25, 0.3) is 11.3 Å². The predicted octanol–water partition coefficient (Wildman–Crippen LogP) is 4.69. The Balaban J connectivity index is 1.40. The number of anilines is 2. The number of benzene rings is 1. The minimum absolute atomic E-state index is 0.319. The molecule has 3 amide bonds. The number of rotatable bonds is 5. The van der Waals surface area contributed by atoms with Crippen molar-refractivity contribution >= 4 is 23.4 Å². The number of aryl methyl sites for hydroxylation is 1. The summed E-state index contributed by atoms with van der Waals surface area (Å²) < 4.78 is 6.07. The van der Waals surface area contributed by atoms with Gasteiger partial charge in [0.25, 0.3) is 0 Å². The molecule has 1 saturated heterocycles.